The van der Waals surface area contributed by atoms with Gasteiger partial charge in [0, 0.05) is 30.7 Å². The molecule has 3 aromatic heterocycles. The van der Waals surface area contributed by atoms with E-state index >= 15 is 0 Å². The lowest BCUT2D eigenvalue weighted by molar-refractivity contribution is 0.925. The smallest absolute Gasteiger partial charge is 0.278 e. The Morgan fingerprint density at radius 1 is 0.871 bits per heavy atom. The van der Waals surface area contributed by atoms with Gasteiger partial charge >= 0.3 is 0 Å². The summed E-state index contributed by atoms with van der Waals surface area (Å²) < 4.78 is 1.63. The number of nitrogen functional groups attached to an aromatic ring is 1. The molecule has 5 aromatic rings. The average Bonchev–Trinajstić information content (AvgIpc) is 2.80. The van der Waals surface area contributed by atoms with Crippen molar-refractivity contribution in [2.75, 3.05) is 5.73 Å². The van der Waals surface area contributed by atoms with E-state index in [1.165, 1.54) is 0 Å². The number of nitrogens with zero attached hydrogens (tertiary/aromatic N) is 4. The van der Waals surface area contributed by atoms with Crippen LogP contribution < -0.4 is 11.3 Å². The van der Waals surface area contributed by atoms with E-state index < -0.39 is 0 Å². The summed E-state index contributed by atoms with van der Waals surface area (Å²) in [5.41, 5.74) is 11.7. The Morgan fingerprint density at radius 3 is 2.48 bits per heavy atom. The van der Waals surface area contributed by atoms with E-state index in [1.54, 1.807) is 23.2 Å². The van der Waals surface area contributed by atoms with Crippen molar-refractivity contribution >= 4 is 16.9 Å². The van der Waals surface area contributed by atoms with Crippen LogP contribution >= 0.6 is 0 Å². The van der Waals surface area contributed by atoms with E-state index in [-0.39, 0.29) is 5.56 Å². The minimum Gasteiger partial charge on any atom is -0.399 e. The number of hydrogen-bond acceptors (Lipinski definition) is 5. The second kappa shape index (κ2) is 7.84. The maximum atomic E-state index is 13.5. The van der Waals surface area contributed by atoms with Gasteiger partial charge < -0.3 is 5.73 Å². The first-order chi connectivity index (χ1) is 15.2. The number of pyridine rings is 2. The molecule has 3 heterocycles. The zero-order valence-electron chi connectivity index (χ0n) is 16.6. The molecule has 2 aromatic carbocycles. The van der Waals surface area contributed by atoms with Crippen molar-refractivity contribution < 1.29 is 0 Å². The summed E-state index contributed by atoms with van der Waals surface area (Å²) in [6.45, 7) is 0. The standard InChI is InChI=1S/C25H19N5O/c26-20-8-1-6-18(14-20)19-7-2-9-21(15-19)30-24-22(10-4-12-28-24)29-23(25(30)31)13-17-5-3-11-27-16-17/h1-12,14-16H,13,26H2. The molecular weight excluding hydrogens is 386 g/mol. The molecule has 0 aliphatic heterocycles. The van der Waals surface area contributed by atoms with Crippen LogP contribution in [0.4, 0.5) is 5.69 Å². The van der Waals surface area contributed by atoms with Gasteiger partial charge in [-0.3, -0.25) is 14.3 Å². The minimum absolute atomic E-state index is 0.195. The lowest BCUT2D eigenvalue weighted by atomic mass is 10.0. The molecule has 0 amide bonds. The highest BCUT2D eigenvalue weighted by molar-refractivity contribution is 5.74. The zero-order valence-corrected chi connectivity index (χ0v) is 16.6. The molecule has 0 aliphatic carbocycles. The van der Waals surface area contributed by atoms with Crippen molar-refractivity contribution in [1.29, 1.82) is 0 Å². The van der Waals surface area contributed by atoms with Crippen molar-refractivity contribution in [1.82, 2.24) is 19.5 Å². The number of benzene rings is 2. The molecular formula is C25H19N5O. The highest BCUT2D eigenvalue weighted by Crippen LogP contribution is 2.24. The molecule has 0 atom stereocenters. The van der Waals surface area contributed by atoms with Gasteiger partial charge in [0.2, 0.25) is 0 Å². The summed E-state index contributed by atoms with van der Waals surface area (Å²) in [6.07, 6.45) is 5.52. The fourth-order valence-electron chi connectivity index (χ4n) is 3.66. The molecule has 0 unspecified atom stereocenters. The lowest BCUT2D eigenvalue weighted by Gasteiger charge is -2.13. The third-order valence-corrected chi connectivity index (χ3v) is 5.10. The normalized spacial score (nSPS) is 11.0. The molecule has 0 saturated heterocycles. The second-order valence-electron chi connectivity index (χ2n) is 7.26. The highest BCUT2D eigenvalue weighted by Gasteiger charge is 2.14. The molecule has 0 fully saturated rings. The summed E-state index contributed by atoms with van der Waals surface area (Å²) in [5.74, 6) is 0. The summed E-state index contributed by atoms with van der Waals surface area (Å²) in [5, 5.41) is 0. The van der Waals surface area contributed by atoms with Gasteiger partial charge in [0.1, 0.15) is 11.2 Å². The monoisotopic (exact) mass is 405 g/mol. The Bertz CT molecular complexity index is 1440. The largest absolute Gasteiger partial charge is 0.399 e. The lowest BCUT2D eigenvalue weighted by Crippen LogP contribution is -2.25. The number of anilines is 1. The third-order valence-electron chi connectivity index (χ3n) is 5.10. The molecule has 31 heavy (non-hydrogen) atoms. The van der Waals surface area contributed by atoms with Crippen LogP contribution in [0.5, 0.6) is 0 Å². The van der Waals surface area contributed by atoms with E-state index in [2.05, 4.69) is 15.0 Å². The third kappa shape index (κ3) is 3.67. The van der Waals surface area contributed by atoms with E-state index in [4.69, 9.17) is 5.73 Å². The van der Waals surface area contributed by atoms with Gasteiger partial charge in [-0.1, -0.05) is 30.3 Å². The minimum atomic E-state index is -0.195. The quantitative estimate of drug-likeness (QED) is 0.457. The van der Waals surface area contributed by atoms with Crippen LogP contribution in [0.3, 0.4) is 0 Å². The summed E-state index contributed by atoms with van der Waals surface area (Å²) >= 11 is 0. The molecule has 5 rings (SSSR count). The fraction of sp³-hybridized carbons (Fsp3) is 0.0400. The van der Waals surface area contributed by atoms with Crippen LogP contribution in [0.2, 0.25) is 0 Å². The van der Waals surface area contributed by atoms with Crippen LogP contribution in [-0.4, -0.2) is 19.5 Å². The Kier molecular flexibility index (Phi) is 4.72. The number of fused-ring (bicyclic) bond motifs is 1. The first-order valence-electron chi connectivity index (χ1n) is 9.91. The number of rotatable bonds is 4. The summed E-state index contributed by atoms with van der Waals surface area (Å²) in [7, 11) is 0. The SMILES string of the molecule is Nc1cccc(-c2cccc(-n3c(=O)c(Cc4cccnc4)nc4cccnc43)c2)c1. The van der Waals surface area contributed by atoms with Crippen LogP contribution in [0.25, 0.3) is 28.0 Å². The maximum Gasteiger partial charge on any atom is 0.278 e. The van der Waals surface area contributed by atoms with Gasteiger partial charge in [-0.25, -0.2) is 9.97 Å². The van der Waals surface area contributed by atoms with Gasteiger partial charge in [-0.05, 0) is 59.2 Å². The van der Waals surface area contributed by atoms with Crippen LogP contribution in [0, 0.1) is 0 Å². The predicted molar refractivity (Wildman–Crippen MR) is 122 cm³/mol. The number of nitrogens with two attached hydrogens (primary N) is 1. The Morgan fingerprint density at radius 2 is 1.68 bits per heavy atom. The number of hydrogen-bond donors (Lipinski definition) is 1. The van der Waals surface area contributed by atoms with E-state index in [0.717, 1.165) is 22.4 Å². The van der Waals surface area contributed by atoms with Gasteiger partial charge in [0.25, 0.3) is 5.56 Å². The van der Waals surface area contributed by atoms with E-state index in [0.29, 0.717) is 29.0 Å². The molecule has 0 spiro atoms. The Balaban J connectivity index is 1.70. The summed E-state index contributed by atoms with van der Waals surface area (Å²) in [4.78, 5) is 26.7. The zero-order chi connectivity index (χ0) is 21.2. The van der Waals surface area contributed by atoms with Crippen LogP contribution in [-0.2, 0) is 6.42 Å². The van der Waals surface area contributed by atoms with Crippen molar-refractivity contribution in [3.8, 4) is 16.8 Å². The van der Waals surface area contributed by atoms with Crippen LogP contribution in [0.1, 0.15) is 11.3 Å². The highest BCUT2D eigenvalue weighted by atomic mass is 16.1. The van der Waals surface area contributed by atoms with Gasteiger partial charge in [0.05, 0.1) is 5.69 Å². The van der Waals surface area contributed by atoms with E-state index in [1.807, 2.05) is 72.8 Å². The molecule has 0 bridgehead atoms. The summed E-state index contributed by atoms with van der Waals surface area (Å²) in [6, 6.07) is 22.9. The first kappa shape index (κ1) is 18.7. The Labute approximate surface area is 178 Å². The topological polar surface area (TPSA) is 86.7 Å². The molecule has 0 saturated carbocycles. The first-order valence-corrected chi connectivity index (χ1v) is 9.91. The van der Waals surface area contributed by atoms with Crippen LogP contribution in [0.15, 0.2) is 96.2 Å². The molecule has 150 valence electrons. The average molecular weight is 405 g/mol. The van der Waals surface area contributed by atoms with Gasteiger partial charge in [-0.15, -0.1) is 0 Å². The fourth-order valence-corrected chi connectivity index (χ4v) is 3.66. The van der Waals surface area contributed by atoms with Crippen molar-refractivity contribution in [3.63, 3.8) is 0 Å². The second-order valence-corrected chi connectivity index (χ2v) is 7.26. The molecule has 2 N–H and O–H groups in total. The maximum absolute atomic E-state index is 13.5. The molecule has 0 radical (unpaired) electrons. The van der Waals surface area contributed by atoms with E-state index in [9.17, 15) is 4.79 Å². The van der Waals surface area contributed by atoms with Crippen molar-refractivity contribution in [3.05, 3.63) is 113 Å². The van der Waals surface area contributed by atoms with Crippen molar-refractivity contribution in [2.24, 2.45) is 0 Å². The van der Waals surface area contributed by atoms with Crippen molar-refractivity contribution in [2.45, 2.75) is 6.42 Å². The number of aromatic nitrogens is 4. The van der Waals surface area contributed by atoms with Gasteiger partial charge in [-0.2, -0.15) is 0 Å². The molecule has 6 nitrogen and oxygen atoms in total. The van der Waals surface area contributed by atoms with Gasteiger partial charge in [0.15, 0.2) is 5.65 Å². The predicted octanol–water partition coefficient (Wildman–Crippen LogP) is 4.02. The molecule has 0 aliphatic rings. The molecule has 6 heteroatoms. The Hall–Kier alpha value is -4.32.